The highest BCUT2D eigenvalue weighted by atomic mass is 32.1. The number of methoxy groups -OCH3 is 2. The molecule has 0 aliphatic rings. The molecule has 5 nitrogen and oxygen atoms in total. The summed E-state index contributed by atoms with van der Waals surface area (Å²) in [5.74, 6) is 2.46. The molecule has 1 N–H and O–H groups in total. The van der Waals surface area contributed by atoms with Crippen LogP contribution in [0.4, 0.5) is 0 Å². The SMILES string of the molecule is COc1cc(OC)c2c(=S)cc(-c3nc4ccccc4[nH]3)oc2c1. The van der Waals surface area contributed by atoms with E-state index in [1.165, 1.54) is 0 Å². The third-order valence-corrected chi connectivity index (χ3v) is 4.17. The van der Waals surface area contributed by atoms with Gasteiger partial charge in [0, 0.05) is 18.2 Å². The molecule has 0 saturated carbocycles. The largest absolute Gasteiger partial charge is 0.496 e. The Bertz CT molecular complexity index is 1080. The zero-order valence-electron chi connectivity index (χ0n) is 13.1. The molecule has 2 aromatic heterocycles. The molecule has 0 spiro atoms. The van der Waals surface area contributed by atoms with Crippen molar-refractivity contribution in [1.29, 1.82) is 0 Å². The van der Waals surface area contributed by atoms with Gasteiger partial charge in [-0.1, -0.05) is 24.4 Å². The lowest BCUT2D eigenvalue weighted by Gasteiger charge is -2.09. The molecule has 0 radical (unpaired) electrons. The second-order valence-electron chi connectivity index (χ2n) is 5.28. The fourth-order valence-corrected chi connectivity index (χ4v) is 3.00. The van der Waals surface area contributed by atoms with E-state index in [-0.39, 0.29) is 0 Å². The monoisotopic (exact) mass is 338 g/mol. The van der Waals surface area contributed by atoms with E-state index in [1.807, 2.05) is 24.3 Å². The zero-order chi connectivity index (χ0) is 16.7. The fraction of sp³-hybridized carbons (Fsp3) is 0.111. The van der Waals surface area contributed by atoms with E-state index in [1.54, 1.807) is 32.4 Å². The molecule has 0 bridgehead atoms. The summed E-state index contributed by atoms with van der Waals surface area (Å²) in [6.45, 7) is 0. The van der Waals surface area contributed by atoms with Crippen LogP contribution in [0.15, 0.2) is 46.9 Å². The van der Waals surface area contributed by atoms with E-state index in [0.29, 0.717) is 33.2 Å². The number of ether oxygens (including phenoxy) is 2. The fourth-order valence-electron chi connectivity index (χ4n) is 2.69. The van der Waals surface area contributed by atoms with Crippen LogP contribution in [0.5, 0.6) is 11.5 Å². The Morgan fingerprint density at radius 3 is 2.67 bits per heavy atom. The maximum atomic E-state index is 6.02. The van der Waals surface area contributed by atoms with Crippen molar-refractivity contribution in [3.05, 3.63) is 47.0 Å². The molecule has 24 heavy (non-hydrogen) atoms. The molecule has 0 aliphatic heterocycles. The van der Waals surface area contributed by atoms with Gasteiger partial charge in [0.15, 0.2) is 11.6 Å². The van der Waals surface area contributed by atoms with Gasteiger partial charge < -0.3 is 18.9 Å². The highest BCUT2D eigenvalue weighted by Gasteiger charge is 2.14. The lowest BCUT2D eigenvalue weighted by Crippen LogP contribution is -1.90. The lowest BCUT2D eigenvalue weighted by atomic mass is 10.2. The smallest absolute Gasteiger partial charge is 0.174 e. The van der Waals surface area contributed by atoms with E-state index in [9.17, 15) is 0 Å². The van der Waals surface area contributed by atoms with Crippen LogP contribution in [0.3, 0.4) is 0 Å². The normalized spacial score (nSPS) is 11.1. The number of H-pyrrole nitrogens is 1. The topological polar surface area (TPSA) is 60.3 Å². The number of para-hydroxylation sites is 2. The molecule has 120 valence electrons. The average Bonchev–Trinajstić information content (AvgIpc) is 3.04. The highest BCUT2D eigenvalue weighted by molar-refractivity contribution is 7.71. The van der Waals surface area contributed by atoms with E-state index in [0.717, 1.165) is 16.4 Å². The molecule has 4 rings (SSSR count). The Morgan fingerprint density at radius 2 is 1.92 bits per heavy atom. The van der Waals surface area contributed by atoms with Crippen LogP contribution in [0.1, 0.15) is 0 Å². The van der Waals surface area contributed by atoms with Crippen LogP contribution in [0.25, 0.3) is 33.6 Å². The molecule has 2 aromatic carbocycles. The number of hydrogen-bond acceptors (Lipinski definition) is 5. The van der Waals surface area contributed by atoms with Crippen molar-refractivity contribution in [2.45, 2.75) is 0 Å². The average molecular weight is 338 g/mol. The van der Waals surface area contributed by atoms with Crippen molar-refractivity contribution >= 4 is 34.2 Å². The lowest BCUT2D eigenvalue weighted by molar-refractivity contribution is 0.396. The van der Waals surface area contributed by atoms with Gasteiger partial charge in [0.05, 0.1) is 35.1 Å². The van der Waals surface area contributed by atoms with Gasteiger partial charge in [-0.15, -0.1) is 0 Å². The minimum Gasteiger partial charge on any atom is -0.496 e. The number of nitrogens with zero attached hydrogens (tertiary/aromatic N) is 1. The van der Waals surface area contributed by atoms with Gasteiger partial charge in [-0.2, -0.15) is 0 Å². The first-order valence-corrected chi connectivity index (χ1v) is 7.75. The molecule has 0 aliphatic carbocycles. The Kier molecular flexibility index (Phi) is 3.46. The molecule has 0 saturated heterocycles. The summed E-state index contributed by atoms with van der Waals surface area (Å²) in [7, 11) is 3.19. The van der Waals surface area contributed by atoms with Gasteiger partial charge in [-0.05, 0) is 12.1 Å². The Hall–Kier alpha value is -2.86. The predicted molar refractivity (Wildman–Crippen MR) is 95.2 cm³/mol. The van der Waals surface area contributed by atoms with Crippen LogP contribution in [0, 0.1) is 4.51 Å². The molecular formula is C18H14N2O3S. The molecule has 0 amide bonds. The van der Waals surface area contributed by atoms with Crippen molar-refractivity contribution in [3.8, 4) is 23.1 Å². The third-order valence-electron chi connectivity index (χ3n) is 3.85. The molecule has 0 atom stereocenters. The van der Waals surface area contributed by atoms with E-state index >= 15 is 0 Å². The van der Waals surface area contributed by atoms with E-state index in [4.69, 9.17) is 26.1 Å². The first kappa shape index (κ1) is 14.7. The summed E-state index contributed by atoms with van der Waals surface area (Å²) >= 11 is 5.53. The van der Waals surface area contributed by atoms with Gasteiger partial charge >= 0.3 is 0 Å². The number of fused-ring (bicyclic) bond motifs is 2. The van der Waals surface area contributed by atoms with Crippen LogP contribution in [-0.4, -0.2) is 24.2 Å². The zero-order valence-corrected chi connectivity index (χ0v) is 13.9. The number of aromatic amines is 1. The van der Waals surface area contributed by atoms with Gasteiger partial charge in [0.1, 0.15) is 17.1 Å². The van der Waals surface area contributed by atoms with Crippen LogP contribution < -0.4 is 9.47 Å². The number of nitrogens with one attached hydrogen (secondary N) is 1. The van der Waals surface area contributed by atoms with Crippen LogP contribution in [-0.2, 0) is 0 Å². The number of rotatable bonds is 3. The summed E-state index contributed by atoms with van der Waals surface area (Å²) in [6.07, 6.45) is 0. The van der Waals surface area contributed by atoms with Crippen molar-refractivity contribution in [3.63, 3.8) is 0 Å². The van der Waals surface area contributed by atoms with E-state index < -0.39 is 0 Å². The molecule has 4 aromatic rings. The molecular weight excluding hydrogens is 324 g/mol. The summed E-state index contributed by atoms with van der Waals surface area (Å²) in [5, 5.41) is 0.744. The highest BCUT2D eigenvalue weighted by Crippen LogP contribution is 2.34. The predicted octanol–water partition coefficient (Wildman–Crippen LogP) is 4.72. The van der Waals surface area contributed by atoms with E-state index in [2.05, 4.69) is 9.97 Å². The number of imidazole rings is 1. The number of hydrogen-bond donors (Lipinski definition) is 1. The standard InChI is InChI=1S/C18H14N2O3S/c1-21-10-7-13(22-2)17-14(8-10)23-15(9-16(17)24)18-19-11-5-3-4-6-12(11)20-18/h3-9H,1-2H3,(H,19,20). The Balaban J connectivity index is 1.98. The summed E-state index contributed by atoms with van der Waals surface area (Å²) in [6, 6.07) is 13.2. The summed E-state index contributed by atoms with van der Waals surface area (Å²) < 4.78 is 17.4. The minimum absolute atomic E-state index is 0.569. The maximum absolute atomic E-state index is 6.02. The van der Waals surface area contributed by atoms with Gasteiger partial charge in [-0.25, -0.2) is 4.98 Å². The van der Waals surface area contributed by atoms with Crippen molar-refractivity contribution in [2.75, 3.05) is 14.2 Å². The summed E-state index contributed by atoms with van der Waals surface area (Å²) in [5.41, 5.74) is 2.41. The maximum Gasteiger partial charge on any atom is 0.174 e. The second kappa shape index (κ2) is 5.65. The second-order valence-corrected chi connectivity index (χ2v) is 5.72. The van der Waals surface area contributed by atoms with Gasteiger partial charge in [0.2, 0.25) is 0 Å². The summed E-state index contributed by atoms with van der Waals surface area (Å²) in [4.78, 5) is 7.81. The Labute approximate surface area is 142 Å². The molecule has 2 heterocycles. The first-order chi connectivity index (χ1) is 11.7. The van der Waals surface area contributed by atoms with Crippen molar-refractivity contribution < 1.29 is 13.9 Å². The van der Waals surface area contributed by atoms with Gasteiger partial charge in [-0.3, -0.25) is 0 Å². The molecule has 0 unspecified atom stereocenters. The molecule has 0 fully saturated rings. The van der Waals surface area contributed by atoms with Gasteiger partial charge in [0.25, 0.3) is 0 Å². The van der Waals surface area contributed by atoms with Crippen LogP contribution in [0.2, 0.25) is 0 Å². The third kappa shape index (κ3) is 2.32. The van der Waals surface area contributed by atoms with Crippen molar-refractivity contribution in [1.82, 2.24) is 9.97 Å². The minimum atomic E-state index is 0.569. The number of benzene rings is 2. The first-order valence-electron chi connectivity index (χ1n) is 7.34. The Morgan fingerprint density at radius 1 is 1.08 bits per heavy atom. The quantitative estimate of drug-likeness (QED) is 0.548. The van der Waals surface area contributed by atoms with Crippen molar-refractivity contribution in [2.24, 2.45) is 0 Å². The molecule has 6 heteroatoms. The van der Waals surface area contributed by atoms with Crippen LogP contribution >= 0.6 is 12.2 Å². The number of aromatic nitrogens is 2.